The summed E-state index contributed by atoms with van der Waals surface area (Å²) in [6.45, 7) is 14.5. The van der Waals surface area contributed by atoms with Gasteiger partial charge in [0.15, 0.2) is 5.78 Å². The Morgan fingerprint density at radius 2 is 1.97 bits per heavy atom. The summed E-state index contributed by atoms with van der Waals surface area (Å²) in [5, 5.41) is 0. The van der Waals surface area contributed by atoms with Crippen molar-refractivity contribution >= 4 is 5.78 Å². The highest BCUT2D eigenvalue weighted by Crippen LogP contribution is 2.22. The monoisotopic (exact) mass is 407 g/mol. The maximum absolute atomic E-state index is 12.4. The molecule has 0 aliphatic carbocycles. The molecule has 2 aliphatic rings. The molecule has 4 heteroatoms. The van der Waals surface area contributed by atoms with Crippen LogP contribution >= 0.6 is 0 Å². The van der Waals surface area contributed by atoms with Gasteiger partial charge in [-0.3, -0.25) is 14.6 Å². The first-order valence-electron chi connectivity index (χ1n) is 11.3. The summed E-state index contributed by atoms with van der Waals surface area (Å²) >= 11 is 0. The van der Waals surface area contributed by atoms with E-state index in [2.05, 4.69) is 54.0 Å². The molecule has 4 nitrogen and oxygen atoms in total. The SMILES string of the molecule is C=C(C#CC(C)(C)N1CCC1)N(C)CCC1CCN(CC(=O)Cc2ccccc2)C1. The number of allylic oxidation sites excluding steroid dienone is 1. The van der Waals surface area contributed by atoms with E-state index in [1.165, 1.54) is 12.8 Å². The number of carbonyl (C=O) groups is 1. The predicted octanol–water partition coefficient (Wildman–Crippen LogP) is 3.44. The van der Waals surface area contributed by atoms with Crippen LogP contribution in [0.15, 0.2) is 42.6 Å². The van der Waals surface area contributed by atoms with E-state index in [0.717, 1.165) is 50.4 Å². The third-order valence-electron chi connectivity index (χ3n) is 6.51. The van der Waals surface area contributed by atoms with Crippen LogP contribution in [0, 0.1) is 17.8 Å². The summed E-state index contributed by atoms with van der Waals surface area (Å²) in [5.74, 6) is 7.66. The topological polar surface area (TPSA) is 26.8 Å². The van der Waals surface area contributed by atoms with Crippen molar-refractivity contribution in [3.05, 3.63) is 48.2 Å². The van der Waals surface area contributed by atoms with E-state index in [9.17, 15) is 4.79 Å². The van der Waals surface area contributed by atoms with Crippen LogP contribution in [0.1, 0.15) is 38.7 Å². The number of hydrogen-bond donors (Lipinski definition) is 0. The van der Waals surface area contributed by atoms with Gasteiger partial charge in [0.05, 0.1) is 17.8 Å². The minimum absolute atomic E-state index is 0.0692. The lowest BCUT2D eigenvalue weighted by molar-refractivity contribution is -0.119. The molecule has 2 fully saturated rings. The largest absolute Gasteiger partial charge is 0.368 e. The molecular weight excluding hydrogens is 370 g/mol. The molecule has 1 unspecified atom stereocenters. The van der Waals surface area contributed by atoms with Crippen LogP contribution in [0.5, 0.6) is 0 Å². The average Bonchev–Trinajstić information content (AvgIpc) is 3.10. The first-order chi connectivity index (χ1) is 14.3. The van der Waals surface area contributed by atoms with Crippen molar-refractivity contribution in [3.8, 4) is 11.8 Å². The van der Waals surface area contributed by atoms with Gasteiger partial charge in [-0.2, -0.15) is 0 Å². The van der Waals surface area contributed by atoms with Gasteiger partial charge in [-0.1, -0.05) is 42.8 Å². The Balaban J connectivity index is 1.37. The Labute approximate surface area is 182 Å². The van der Waals surface area contributed by atoms with Crippen LogP contribution in [-0.2, 0) is 11.2 Å². The Bertz CT molecular complexity index is 785. The molecule has 0 bridgehead atoms. The number of ketones is 1. The van der Waals surface area contributed by atoms with E-state index < -0.39 is 0 Å². The smallest absolute Gasteiger partial charge is 0.151 e. The number of benzene rings is 1. The normalized spacial score (nSPS) is 19.6. The van der Waals surface area contributed by atoms with Gasteiger partial charge in [-0.05, 0) is 57.1 Å². The molecule has 0 aromatic heterocycles. The van der Waals surface area contributed by atoms with Crippen LogP contribution in [0.25, 0.3) is 0 Å². The van der Waals surface area contributed by atoms with E-state index in [0.29, 0.717) is 24.7 Å². The first kappa shape index (κ1) is 22.6. The zero-order chi connectivity index (χ0) is 21.6. The molecule has 0 saturated carbocycles. The summed E-state index contributed by atoms with van der Waals surface area (Å²) in [7, 11) is 2.09. The van der Waals surface area contributed by atoms with E-state index in [4.69, 9.17) is 0 Å². The van der Waals surface area contributed by atoms with Gasteiger partial charge in [-0.15, -0.1) is 0 Å². The third-order valence-corrected chi connectivity index (χ3v) is 6.51. The molecule has 0 spiro atoms. The summed E-state index contributed by atoms with van der Waals surface area (Å²) in [6, 6.07) is 10.0. The van der Waals surface area contributed by atoms with Gasteiger partial charge in [0.25, 0.3) is 0 Å². The Hall–Kier alpha value is -2.09. The first-order valence-corrected chi connectivity index (χ1v) is 11.3. The summed E-state index contributed by atoms with van der Waals surface area (Å²) in [5.41, 5.74) is 1.94. The molecule has 3 rings (SSSR count). The van der Waals surface area contributed by atoms with Crippen molar-refractivity contribution in [2.45, 2.75) is 45.1 Å². The molecule has 2 heterocycles. The average molecular weight is 408 g/mol. The summed E-state index contributed by atoms with van der Waals surface area (Å²) < 4.78 is 0. The maximum Gasteiger partial charge on any atom is 0.151 e. The highest BCUT2D eigenvalue weighted by molar-refractivity contribution is 5.82. The molecule has 0 amide bonds. The fourth-order valence-electron chi connectivity index (χ4n) is 4.21. The van der Waals surface area contributed by atoms with Gasteiger partial charge in [0.1, 0.15) is 0 Å². The molecule has 0 radical (unpaired) electrons. The fourth-order valence-corrected chi connectivity index (χ4v) is 4.21. The van der Waals surface area contributed by atoms with Crippen LogP contribution in [0.4, 0.5) is 0 Å². The summed E-state index contributed by atoms with van der Waals surface area (Å²) in [4.78, 5) is 19.3. The lowest BCUT2D eigenvalue weighted by Crippen LogP contribution is -2.50. The zero-order valence-electron chi connectivity index (χ0n) is 19.0. The van der Waals surface area contributed by atoms with Crippen molar-refractivity contribution in [3.63, 3.8) is 0 Å². The Morgan fingerprint density at radius 3 is 2.63 bits per heavy atom. The van der Waals surface area contributed by atoms with Crippen molar-refractivity contribution in [1.29, 1.82) is 0 Å². The fraction of sp³-hybridized carbons (Fsp3) is 0.577. The molecule has 1 aromatic rings. The van der Waals surface area contributed by atoms with Gasteiger partial charge >= 0.3 is 0 Å². The number of likely N-dealkylation sites (tertiary alicyclic amines) is 2. The Morgan fingerprint density at radius 1 is 1.23 bits per heavy atom. The number of carbonyl (C=O) groups excluding carboxylic acids is 1. The zero-order valence-corrected chi connectivity index (χ0v) is 19.0. The molecule has 162 valence electrons. The van der Waals surface area contributed by atoms with E-state index in [1.54, 1.807) is 0 Å². The molecule has 1 aromatic carbocycles. The highest BCUT2D eigenvalue weighted by Gasteiger charge is 2.29. The molecular formula is C26H37N3O. The van der Waals surface area contributed by atoms with Crippen molar-refractivity contribution < 1.29 is 4.79 Å². The minimum Gasteiger partial charge on any atom is -0.368 e. The van der Waals surface area contributed by atoms with Gasteiger partial charge in [0, 0.05) is 39.6 Å². The van der Waals surface area contributed by atoms with Crippen molar-refractivity contribution in [2.24, 2.45) is 5.92 Å². The molecule has 1 atom stereocenters. The lowest BCUT2D eigenvalue weighted by Gasteiger charge is -2.41. The molecule has 0 N–H and O–H groups in total. The minimum atomic E-state index is -0.0692. The number of Topliss-reactive ketones (excluding diaryl/α,β-unsaturated/α-hetero) is 1. The van der Waals surface area contributed by atoms with Crippen LogP contribution in [-0.4, -0.2) is 72.3 Å². The van der Waals surface area contributed by atoms with Gasteiger partial charge < -0.3 is 4.90 Å². The molecule has 30 heavy (non-hydrogen) atoms. The molecule has 2 saturated heterocycles. The number of rotatable bonds is 9. The van der Waals surface area contributed by atoms with E-state index in [1.807, 2.05) is 30.3 Å². The second-order valence-electron chi connectivity index (χ2n) is 9.40. The van der Waals surface area contributed by atoms with E-state index >= 15 is 0 Å². The van der Waals surface area contributed by atoms with Gasteiger partial charge in [-0.25, -0.2) is 0 Å². The van der Waals surface area contributed by atoms with Crippen molar-refractivity contribution in [1.82, 2.24) is 14.7 Å². The second kappa shape index (κ2) is 10.3. The van der Waals surface area contributed by atoms with Gasteiger partial charge in [0.2, 0.25) is 0 Å². The van der Waals surface area contributed by atoms with Crippen molar-refractivity contribution in [2.75, 3.05) is 46.3 Å². The summed E-state index contributed by atoms with van der Waals surface area (Å²) in [6.07, 6.45) is 4.11. The quantitative estimate of drug-likeness (QED) is 0.586. The number of hydrogen-bond acceptors (Lipinski definition) is 4. The standard InChI is InChI=1S/C26H37N3O/c1-22(11-14-26(2,3)29-15-8-16-29)27(4)17-12-24-13-18-28(20-24)21-25(30)19-23-9-6-5-7-10-23/h5-7,9-10,24H,1,8,12-13,15-21H2,2-4H3. The lowest BCUT2D eigenvalue weighted by atomic mass is 9.98. The van der Waals surface area contributed by atoms with Crippen LogP contribution < -0.4 is 0 Å². The maximum atomic E-state index is 12.4. The highest BCUT2D eigenvalue weighted by atomic mass is 16.1. The van der Waals surface area contributed by atoms with Crippen LogP contribution in [0.2, 0.25) is 0 Å². The Kier molecular flexibility index (Phi) is 7.75. The number of nitrogens with zero attached hydrogens (tertiary/aromatic N) is 3. The molecule has 2 aliphatic heterocycles. The third kappa shape index (κ3) is 6.45. The second-order valence-corrected chi connectivity index (χ2v) is 9.40. The van der Waals surface area contributed by atoms with Crippen LogP contribution in [0.3, 0.4) is 0 Å². The predicted molar refractivity (Wildman–Crippen MR) is 124 cm³/mol. The van der Waals surface area contributed by atoms with E-state index in [-0.39, 0.29) is 5.54 Å².